The molecule has 0 unspecified atom stereocenters. The van der Waals surface area contributed by atoms with Gasteiger partial charge in [-0.2, -0.15) is 0 Å². The highest BCUT2D eigenvalue weighted by Crippen LogP contribution is 2.22. The Hall–Kier alpha value is -1.94. The van der Waals surface area contributed by atoms with E-state index in [0.29, 0.717) is 30.4 Å². The van der Waals surface area contributed by atoms with Gasteiger partial charge in [0.05, 0.1) is 14.2 Å². The number of ether oxygens (including phenoxy) is 2. The fourth-order valence-corrected chi connectivity index (χ4v) is 3.42. The van der Waals surface area contributed by atoms with Crippen LogP contribution in [-0.4, -0.2) is 39.5 Å². The highest BCUT2D eigenvalue weighted by Gasteiger charge is 2.13. The number of nitrogens with one attached hydrogen (secondary N) is 2. The summed E-state index contributed by atoms with van der Waals surface area (Å²) >= 11 is 1.73. The fourth-order valence-electron chi connectivity index (χ4n) is 2.72. The van der Waals surface area contributed by atoms with Crippen molar-refractivity contribution in [3.05, 3.63) is 58.7 Å². The van der Waals surface area contributed by atoms with Crippen molar-refractivity contribution in [2.45, 2.75) is 24.9 Å². The van der Waals surface area contributed by atoms with Crippen LogP contribution in [0.2, 0.25) is 0 Å². The van der Waals surface area contributed by atoms with Gasteiger partial charge >= 0.3 is 5.97 Å². The van der Waals surface area contributed by atoms with Crippen molar-refractivity contribution in [3.8, 4) is 5.75 Å². The number of methoxy groups -OCH3 is 2. The van der Waals surface area contributed by atoms with Gasteiger partial charge < -0.3 is 20.1 Å². The van der Waals surface area contributed by atoms with Gasteiger partial charge in [0.1, 0.15) is 11.3 Å². The number of halogens is 1. The zero-order valence-electron chi connectivity index (χ0n) is 17.4. The molecule has 0 atom stereocenters. The van der Waals surface area contributed by atoms with E-state index in [-0.39, 0.29) is 24.0 Å². The van der Waals surface area contributed by atoms with E-state index in [1.54, 1.807) is 30.9 Å². The molecule has 0 radical (unpaired) electrons. The lowest BCUT2D eigenvalue weighted by Crippen LogP contribution is -2.36. The number of aliphatic imine (C=N–C) groups is 1. The van der Waals surface area contributed by atoms with Crippen LogP contribution in [0.25, 0.3) is 0 Å². The quantitative estimate of drug-likeness (QED) is 0.186. The van der Waals surface area contributed by atoms with Crippen LogP contribution in [0.5, 0.6) is 5.75 Å². The number of hydrogen-bond acceptors (Lipinski definition) is 5. The number of carbonyl (C=O) groups is 1. The maximum Gasteiger partial charge on any atom is 0.341 e. The molecule has 0 spiro atoms. The largest absolute Gasteiger partial charge is 0.496 e. The Morgan fingerprint density at radius 1 is 1.10 bits per heavy atom. The summed E-state index contributed by atoms with van der Waals surface area (Å²) in [4.78, 5) is 17.4. The van der Waals surface area contributed by atoms with Crippen LogP contribution >= 0.6 is 35.7 Å². The molecule has 0 fully saturated rings. The third kappa shape index (κ3) is 7.11. The predicted octanol–water partition coefficient (Wildman–Crippen LogP) is 4.00. The fraction of sp³-hybridized carbons (Fsp3) is 0.333. The van der Waals surface area contributed by atoms with E-state index >= 15 is 0 Å². The van der Waals surface area contributed by atoms with Gasteiger partial charge in [-0.15, -0.1) is 35.7 Å². The number of guanidine groups is 1. The topological polar surface area (TPSA) is 72.0 Å². The molecule has 29 heavy (non-hydrogen) atoms. The Morgan fingerprint density at radius 2 is 1.83 bits per heavy atom. The minimum atomic E-state index is -0.426. The molecule has 0 heterocycles. The molecule has 0 saturated carbocycles. The Balaban J connectivity index is 0.00000420. The second-order valence-corrected chi connectivity index (χ2v) is 6.97. The average molecular weight is 529 g/mol. The summed E-state index contributed by atoms with van der Waals surface area (Å²) in [5, 5.41) is 6.60. The van der Waals surface area contributed by atoms with E-state index in [4.69, 9.17) is 9.47 Å². The summed E-state index contributed by atoms with van der Waals surface area (Å²) in [5.41, 5.74) is 3.79. The van der Waals surface area contributed by atoms with Crippen molar-refractivity contribution < 1.29 is 14.3 Å². The number of carbonyl (C=O) groups excluding carboxylic acids is 1. The lowest BCUT2D eigenvalue weighted by molar-refractivity contribution is 0.0597. The molecule has 6 nitrogen and oxygen atoms in total. The maximum atomic E-state index is 11.9. The van der Waals surface area contributed by atoms with Crippen LogP contribution < -0.4 is 15.4 Å². The standard InChI is InChI=1S/C21H27N3O3S.HI/c1-14-6-8-16(19(10-14)28-5)13-24-21(22-2)23-12-15-7-9-18(26-3)17(11-15)20(25)27-4;/h6-11H,12-13H2,1-5H3,(H2,22,23,24);1H. The molecule has 0 aliphatic rings. The number of nitrogens with zero attached hydrogens (tertiary/aromatic N) is 1. The van der Waals surface area contributed by atoms with E-state index < -0.39 is 5.97 Å². The van der Waals surface area contributed by atoms with Crippen molar-refractivity contribution in [1.29, 1.82) is 0 Å². The van der Waals surface area contributed by atoms with E-state index in [2.05, 4.69) is 47.0 Å². The van der Waals surface area contributed by atoms with Crippen LogP contribution in [0.4, 0.5) is 0 Å². The van der Waals surface area contributed by atoms with E-state index in [0.717, 1.165) is 5.56 Å². The molecule has 0 amide bonds. The van der Waals surface area contributed by atoms with Gasteiger partial charge in [0.2, 0.25) is 0 Å². The monoisotopic (exact) mass is 529 g/mol. The van der Waals surface area contributed by atoms with Gasteiger partial charge in [-0.05, 0) is 48.1 Å². The van der Waals surface area contributed by atoms with Crippen molar-refractivity contribution in [2.24, 2.45) is 4.99 Å². The molecule has 2 aromatic carbocycles. The first-order chi connectivity index (χ1) is 13.5. The second kappa shape index (κ2) is 12.6. The number of thioether (sulfide) groups is 1. The van der Waals surface area contributed by atoms with E-state index in [9.17, 15) is 4.79 Å². The van der Waals surface area contributed by atoms with Crippen LogP contribution in [-0.2, 0) is 17.8 Å². The lowest BCUT2D eigenvalue weighted by atomic mass is 10.1. The van der Waals surface area contributed by atoms with Crippen LogP contribution in [0.1, 0.15) is 27.0 Å². The minimum absolute atomic E-state index is 0. The second-order valence-electron chi connectivity index (χ2n) is 6.12. The van der Waals surface area contributed by atoms with Crippen molar-refractivity contribution in [1.82, 2.24) is 10.6 Å². The zero-order chi connectivity index (χ0) is 20.5. The van der Waals surface area contributed by atoms with Crippen molar-refractivity contribution >= 4 is 47.7 Å². The molecular formula is C21H28IN3O3S. The summed E-state index contributed by atoms with van der Waals surface area (Å²) in [7, 11) is 4.61. The third-order valence-electron chi connectivity index (χ3n) is 4.24. The van der Waals surface area contributed by atoms with Crippen LogP contribution in [0.15, 0.2) is 46.3 Å². The number of hydrogen-bond donors (Lipinski definition) is 2. The minimum Gasteiger partial charge on any atom is -0.496 e. The van der Waals surface area contributed by atoms with Gasteiger partial charge in [-0.3, -0.25) is 4.99 Å². The highest BCUT2D eigenvalue weighted by molar-refractivity contribution is 14.0. The predicted molar refractivity (Wildman–Crippen MR) is 130 cm³/mol. The van der Waals surface area contributed by atoms with Gasteiger partial charge in [0.25, 0.3) is 0 Å². The molecule has 0 bridgehead atoms. The first kappa shape index (κ1) is 25.1. The summed E-state index contributed by atoms with van der Waals surface area (Å²) in [5.74, 6) is 0.746. The number of rotatable bonds is 7. The number of benzene rings is 2. The Bertz CT molecular complexity index is 859. The Morgan fingerprint density at radius 3 is 2.45 bits per heavy atom. The molecule has 0 aromatic heterocycles. The summed E-state index contributed by atoms with van der Waals surface area (Å²) in [6.07, 6.45) is 2.08. The summed E-state index contributed by atoms with van der Waals surface area (Å²) in [6.45, 7) is 3.28. The molecule has 158 valence electrons. The van der Waals surface area contributed by atoms with Gasteiger partial charge in [-0.25, -0.2) is 4.79 Å². The molecule has 0 saturated heterocycles. The molecule has 0 aliphatic heterocycles. The van der Waals surface area contributed by atoms with Gasteiger partial charge in [0.15, 0.2) is 5.96 Å². The molecular weight excluding hydrogens is 501 g/mol. The Labute approximate surface area is 193 Å². The SMILES string of the molecule is CN=C(NCc1ccc(OC)c(C(=O)OC)c1)NCc1ccc(C)cc1SC.I. The maximum absolute atomic E-state index is 11.9. The third-order valence-corrected chi connectivity index (χ3v) is 5.06. The molecule has 0 aliphatic carbocycles. The number of esters is 1. The van der Waals surface area contributed by atoms with E-state index in [1.165, 1.54) is 30.2 Å². The van der Waals surface area contributed by atoms with Crippen molar-refractivity contribution in [2.75, 3.05) is 27.5 Å². The van der Waals surface area contributed by atoms with Gasteiger partial charge in [0, 0.05) is 25.0 Å². The average Bonchev–Trinajstić information content (AvgIpc) is 2.73. The molecule has 2 aromatic rings. The summed E-state index contributed by atoms with van der Waals surface area (Å²) in [6, 6.07) is 11.8. The first-order valence-corrected chi connectivity index (χ1v) is 10.1. The lowest BCUT2D eigenvalue weighted by Gasteiger charge is -2.15. The zero-order valence-corrected chi connectivity index (χ0v) is 20.5. The Kier molecular flexibility index (Phi) is 10.9. The van der Waals surface area contributed by atoms with E-state index in [1.807, 2.05) is 6.07 Å². The van der Waals surface area contributed by atoms with Crippen LogP contribution in [0.3, 0.4) is 0 Å². The highest BCUT2D eigenvalue weighted by atomic mass is 127. The normalized spacial score (nSPS) is 10.7. The summed E-state index contributed by atoms with van der Waals surface area (Å²) < 4.78 is 10.0. The number of aryl methyl sites for hydroxylation is 1. The van der Waals surface area contributed by atoms with Crippen molar-refractivity contribution in [3.63, 3.8) is 0 Å². The molecule has 8 heteroatoms. The van der Waals surface area contributed by atoms with Gasteiger partial charge in [-0.1, -0.05) is 18.2 Å². The van der Waals surface area contributed by atoms with Crippen LogP contribution in [0, 0.1) is 6.92 Å². The molecule has 2 N–H and O–H groups in total. The first-order valence-electron chi connectivity index (χ1n) is 8.85. The molecule has 2 rings (SSSR count). The smallest absolute Gasteiger partial charge is 0.341 e.